The standard InChI is InChI=1S/C17H16Cl2N4O2/c1-8-13-9-3-4-10(18)14(19)15(9)21-11(13)5-6-23(8)17(24)16-20-7-12(22-16)25-2/h3-4,7-8,21H,5-6H2,1-2H3,(H,20,22)/t8-/m0/s1. The van der Waals surface area contributed by atoms with E-state index in [1.54, 1.807) is 11.0 Å². The molecule has 25 heavy (non-hydrogen) atoms. The Balaban J connectivity index is 1.74. The van der Waals surface area contributed by atoms with Gasteiger partial charge in [-0.15, -0.1) is 0 Å². The third-order valence-electron chi connectivity index (χ3n) is 4.71. The maximum atomic E-state index is 12.8. The molecule has 1 amide bonds. The minimum absolute atomic E-state index is 0.113. The number of benzene rings is 1. The fourth-order valence-electron chi connectivity index (χ4n) is 3.46. The van der Waals surface area contributed by atoms with Gasteiger partial charge in [-0.05, 0) is 13.0 Å². The van der Waals surface area contributed by atoms with Crippen molar-refractivity contribution in [3.05, 3.63) is 45.5 Å². The Morgan fingerprint density at radius 1 is 1.36 bits per heavy atom. The van der Waals surface area contributed by atoms with Crippen LogP contribution in [0.2, 0.25) is 10.0 Å². The number of aromatic amines is 2. The van der Waals surface area contributed by atoms with Gasteiger partial charge in [0.2, 0.25) is 5.88 Å². The Morgan fingerprint density at radius 2 is 2.16 bits per heavy atom. The highest BCUT2D eigenvalue weighted by Gasteiger charge is 2.32. The van der Waals surface area contributed by atoms with Crippen LogP contribution in [0.4, 0.5) is 0 Å². The Labute approximate surface area is 154 Å². The molecule has 1 aliphatic heterocycles. The number of rotatable bonds is 2. The number of carbonyl (C=O) groups is 1. The highest BCUT2D eigenvalue weighted by molar-refractivity contribution is 6.45. The molecule has 4 rings (SSSR count). The average Bonchev–Trinajstić information content (AvgIpc) is 3.23. The second-order valence-corrected chi connectivity index (χ2v) is 6.81. The third-order valence-corrected chi connectivity index (χ3v) is 5.51. The van der Waals surface area contributed by atoms with E-state index in [9.17, 15) is 4.79 Å². The number of ether oxygens (including phenoxy) is 1. The number of H-pyrrole nitrogens is 2. The lowest BCUT2D eigenvalue weighted by molar-refractivity contribution is 0.0666. The zero-order valence-electron chi connectivity index (χ0n) is 13.7. The summed E-state index contributed by atoms with van der Waals surface area (Å²) in [6, 6.07) is 3.61. The molecule has 0 aliphatic carbocycles. The monoisotopic (exact) mass is 378 g/mol. The summed E-state index contributed by atoms with van der Waals surface area (Å²) in [7, 11) is 1.53. The number of amides is 1. The van der Waals surface area contributed by atoms with Gasteiger partial charge in [0.05, 0.1) is 34.9 Å². The molecule has 6 nitrogen and oxygen atoms in total. The van der Waals surface area contributed by atoms with Gasteiger partial charge in [0.15, 0.2) is 5.82 Å². The molecular weight excluding hydrogens is 363 g/mol. The van der Waals surface area contributed by atoms with Crippen molar-refractivity contribution in [1.82, 2.24) is 19.9 Å². The Kier molecular flexibility index (Phi) is 3.89. The average molecular weight is 379 g/mol. The summed E-state index contributed by atoms with van der Waals surface area (Å²) in [5.74, 6) is 0.575. The van der Waals surface area contributed by atoms with Gasteiger partial charge in [-0.25, -0.2) is 4.98 Å². The van der Waals surface area contributed by atoms with Crippen LogP contribution in [0.15, 0.2) is 18.3 Å². The third kappa shape index (κ3) is 2.48. The first-order valence-electron chi connectivity index (χ1n) is 7.89. The number of nitrogens with zero attached hydrogens (tertiary/aromatic N) is 2. The molecule has 0 radical (unpaired) electrons. The molecule has 8 heteroatoms. The smallest absolute Gasteiger partial charge is 0.290 e. The summed E-state index contributed by atoms with van der Waals surface area (Å²) >= 11 is 12.5. The zero-order valence-corrected chi connectivity index (χ0v) is 15.2. The molecule has 3 aromatic rings. The van der Waals surface area contributed by atoms with Crippen LogP contribution in [-0.4, -0.2) is 39.4 Å². The first-order valence-corrected chi connectivity index (χ1v) is 8.65. The van der Waals surface area contributed by atoms with Crippen LogP contribution >= 0.6 is 23.2 Å². The number of fused-ring (bicyclic) bond motifs is 3. The summed E-state index contributed by atoms with van der Waals surface area (Å²) in [6.45, 7) is 2.60. The molecule has 1 atom stereocenters. The fraction of sp³-hybridized carbons (Fsp3) is 0.294. The van der Waals surface area contributed by atoms with E-state index in [1.807, 2.05) is 13.0 Å². The summed E-state index contributed by atoms with van der Waals surface area (Å²) < 4.78 is 5.06. The van der Waals surface area contributed by atoms with Crippen LogP contribution in [0, 0.1) is 0 Å². The number of nitrogens with one attached hydrogen (secondary N) is 2. The van der Waals surface area contributed by atoms with Crippen molar-refractivity contribution in [2.75, 3.05) is 13.7 Å². The Hall–Kier alpha value is -2.18. The lowest BCUT2D eigenvalue weighted by Crippen LogP contribution is -2.39. The maximum absolute atomic E-state index is 12.8. The highest BCUT2D eigenvalue weighted by Crippen LogP contribution is 2.40. The lowest BCUT2D eigenvalue weighted by Gasteiger charge is -2.33. The molecule has 0 unspecified atom stereocenters. The number of methoxy groups -OCH3 is 1. The van der Waals surface area contributed by atoms with Crippen LogP contribution in [0.3, 0.4) is 0 Å². The summed E-state index contributed by atoms with van der Waals surface area (Å²) in [5, 5.41) is 2.01. The van der Waals surface area contributed by atoms with E-state index in [1.165, 1.54) is 13.3 Å². The second kappa shape index (κ2) is 5.97. The van der Waals surface area contributed by atoms with E-state index < -0.39 is 0 Å². The van der Waals surface area contributed by atoms with Gasteiger partial charge < -0.3 is 19.6 Å². The summed E-state index contributed by atoms with van der Waals surface area (Å²) in [5.41, 5.74) is 2.99. The van der Waals surface area contributed by atoms with Gasteiger partial charge in [-0.3, -0.25) is 4.79 Å². The minimum atomic E-state index is -0.157. The minimum Gasteiger partial charge on any atom is -0.481 e. The number of hydrogen-bond donors (Lipinski definition) is 2. The maximum Gasteiger partial charge on any atom is 0.290 e. The predicted octanol–water partition coefficient (Wildman–Crippen LogP) is 3.97. The second-order valence-electron chi connectivity index (χ2n) is 6.03. The number of halogens is 2. The Bertz CT molecular complexity index is 979. The first kappa shape index (κ1) is 16.3. The summed E-state index contributed by atoms with van der Waals surface area (Å²) in [4.78, 5) is 25.0. The molecule has 0 saturated carbocycles. The quantitative estimate of drug-likeness (QED) is 0.708. The van der Waals surface area contributed by atoms with Crippen molar-refractivity contribution in [2.45, 2.75) is 19.4 Å². The van der Waals surface area contributed by atoms with Gasteiger partial charge in [0.1, 0.15) is 0 Å². The fourth-order valence-corrected chi connectivity index (χ4v) is 3.83. The van der Waals surface area contributed by atoms with Crippen molar-refractivity contribution >= 4 is 40.0 Å². The molecule has 2 aromatic heterocycles. The van der Waals surface area contributed by atoms with Gasteiger partial charge in [0, 0.05) is 29.6 Å². The molecule has 0 fully saturated rings. The van der Waals surface area contributed by atoms with Crippen LogP contribution in [0.5, 0.6) is 5.88 Å². The highest BCUT2D eigenvalue weighted by atomic mass is 35.5. The topological polar surface area (TPSA) is 74.0 Å². The number of imidazole rings is 1. The van der Waals surface area contributed by atoms with Crippen LogP contribution in [-0.2, 0) is 6.42 Å². The molecule has 2 N–H and O–H groups in total. The lowest BCUT2D eigenvalue weighted by atomic mass is 9.97. The van der Waals surface area contributed by atoms with Crippen molar-refractivity contribution in [3.8, 4) is 5.88 Å². The van der Waals surface area contributed by atoms with Crippen LogP contribution in [0.25, 0.3) is 10.9 Å². The van der Waals surface area contributed by atoms with Crippen LogP contribution in [0.1, 0.15) is 34.8 Å². The predicted molar refractivity (Wildman–Crippen MR) is 96.6 cm³/mol. The van der Waals surface area contributed by atoms with Crippen molar-refractivity contribution in [1.29, 1.82) is 0 Å². The van der Waals surface area contributed by atoms with Gasteiger partial charge in [-0.1, -0.05) is 29.3 Å². The molecule has 3 heterocycles. The van der Waals surface area contributed by atoms with E-state index in [0.717, 1.165) is 22.2 Å². The van der Waals surface area contributed by atoms with E-state index >= 15 is 0 Å². The van der Waals surface area contributed by atoms with Gasteiger partial charge in [0.25, 0.3) is 5.91 Å². The van der Waals surface area contributed by atoms with E-state index in [-0.39, 0.29) is 17.8 Å². The van der Waals surface area contributed by atoms with Gasteiger partial charge in [-0.2, -0.15) is 0 Å². The molecule has 0 saturated heterocycles. The number of aromatic nitrogens is 3. The van der Waals surface area contributed by atoms with Crippen LogP contribution < -0.4 is 4.74 Å². The zero-order chi connectivity index (χ0) is 17.7. The van der Waals surface area contributed by atoms with Crippen molar-refractivity contribution in [2.24, 2.45) is 0 Å². The first-order chi connectivity index (χ1) is 12.0. The van der Waals surface area contributed by atoms with Crippen molar-refractivity contribution in [3.63, 3.8) is 0 Å². The van der Waals surface area contributed by atoms with E-state index in [0.29, 0.717) is 28.9 Å². The SMILES string of the molecule is COc1cnc(C(=O)N2CCc3[nH]c4c(Cl)c(Cl)ccc4c3[C@@H]2C)[nH]1. The van der Waals surface area contributed by atoms with Gasteiger partial charge >= 0.3 is 0 Å². The summed E-state index contributed by atoms with van der Waals surface area (Å²) in [6.07, 6.45) is 2.21. The largest absolute Gasteiger partial charge is 0.481 e. The number of carbonyl (C=O) groups excluding carboxylic acids is 1. The molecule has 0 bridgehead atoms. The van der Waals surface area contributed by atoms with E-state index in [2.05, 4.69) is 15.0 Å². The van der Waals surface area contributed by atoms with Crippen molar-refractivity contribution < 1.29 is 9.53 Å². The molecule has 1 aliphatic rings. The Morgan fingerprint density at radius 3 is 2.88 bits per heavy atom. The molecule has 130 valence electrons. The normalized spacial score (nSPS) is 17.0. The number of hydrogen-bond acceptors (Lipinski definition) is 3. The molecule has 0 spiro atoms. The molecule has 1 aromatic carbocycles. The molecular formula is C17H16Cl2N4O2. The van der Waals surface area contributed by atoms with E-state index in [4.69, 9.17) is 27.9 Å².